The predicted molar refractivity (Wildman–Crippen MR) is 111 cm³/mol. The molecule has 2 heterocycles. The summed E-state index contributed by atoms with van der Waals surface area (Å²) in [6, 6.07) is 8.49. The third kappa shape index (κ3) is 5.01. The number of pyridine rings is 1. The van der Waals surface area contributed by atoms with Gasteiger partial charge in [0.25, 0.3) is 11.6 Å². The molecule has 148 valence electrons. The number of benzene rings is 1. The summed E-state index contributed by atoms with van der Waals surface area (Å²) in [5.41, 5.74) is 1.12. The Morgan fingerprint density at radius 1 is 1.21 bits per heavy atom. The van der Waals surface area contributed by atoms with Crippen LogP contribution in [0.2, 0.25) is 0 Å². The number of rotatable bonds is 6. The zero-order valence-electron chi connectivity index (χ0n) is 15.9. The fraction of sp³-hybridized carbons (Fsp3) is 0.400. The van der Waals surface area contributed by atoms with Crippen LogP contribution in [-0.4, -0.2) is 35.2 Å². The van der Waals surface area contributed by atoms with E-state index in [1.165, 1.54) is 43.5 Å². The van der Waals surface area contributed by atoms with Gasteiger partial charge in [0.1, 0.15) is 5.82 Å². The lowest BCUT2D eigenvalue weighted by Gasteiger charge is -2.21. The maximum atomic E-state index is 12.4. The fourth-order valence-electron chi connectivity index (χ4n) is 3.27. The summed E-state index contributed by atoms with van der Waals surface area (Å²) in [6.45, 7) is 2.39. The molecule has 0 aliphatic carbocycles. The van der Waals surface area contributed by atoms with E-state index in [4.69, 9.17) is 0 Å². The Kier molecular flexibility index (Phi) is 6.86. The van der Waals surface area contributed by atoms with Crippen LogP contribution >= 0.6 is 11.8 Å². The van der Waals surface area contributed by atoms with Gasteiger partial charge < -0.3 is 10.2 Å². The van der Waals surface area contributed by atoms with Crippen molar-refractivity contribution in [3.8, 4) is 0 Å². The average molecular weight is 401 g/mol. The van der Waals surface area contributed by atoms with E-state index in [9.17, 15) is 14.9 Å². The van der Waals surface area contributed by atoms with Gasteiger partial charge in [-0.25, -0.2) is 4.98 Å². The van der Waals surface area contributed by atoms with E-state index in [0.717, 1.165) is 24.5 Å². The highest BCUT2D eigenvalue weighted by Crippen LogP contribution is 2.28. The van der Waals surface area contributed by atoms with E-state index in [2.05, 4.69) is 15.2 Å². The van der Waals surface area contributed by atoms with Crippen LogP contribution in [0.4, 0.5) is 11.5 Å². The SMILES string of the molecule is CSc1ccc(C(=O)NCc2ccc(N3CCCCCC3)nc2)cc1[N+](=O)[O-]. The number of nitrogens with one attached hydrogen (secondary N) is 1. The van der Waals surface area contributed by atoms with Crippen LogP contribution in [0.1, 0.15) is 41.6 Å². The molecule has 0 unspecified atom stereocenters. The van der Waals surface area contributed by atoms with Gasteiger partial charge in [-0.3, -0.25) is 14.9 Å². The van der Waals surface area contributed by atoms with Crippen LogP contribution in [0.15, 0.2) is 41.4 Å². The highest BCUT2D eigenvalue weighted by atomic mass is 32.2. The first-order chi connectivity index (χ1) is 13.6. The monoisotopic (exact) mass is 400 g/mol. The molecule has 0 bridgehead atoms. The highest BCUT2D eigenvalue weighted by Gasteiger charge is 2.17. The van der Waals surface area contributed by atoms with Crippen molar-refractivity contribution in [2.45, 2.75) is 37.1 Å². The number of hydrogen-bond acceptors (Lipinski definition) is 6. The predicted octanol–water partition coefficient (Wildman–Crippen LogP) is 4.02. The number of nitrogens with zero attached hydrogens (tertiary/aromatic N) is 3. The van der Waals surface area contributed by atoms with Gasteiger partial charge in [0, 0.05) is 37.5 Å². The zero-order chi connectivity index (χ0) is 19.9. The average Bonchev–Trinajstić information content (AvgIpc) is 3.01. The molecule has 1 saturated heterocycles. The van der Waals surface area contributed by atoms with Gasteiger partial charge in [-0.1, -0.05) is 18.9 Å². The van der Waals surface area contributed by atoms with Crippen molar-refractivity contribution in [1.29, 1.82) is 0 Å². The Balaban J connectivity index is 1.61. The zero-order valence-corrected chi connectivity index (χ0v) is 16.7. The first-order valence-corrected chi connectivity index (χ1v) is 10.6. The van der Waals surface area contributed by atoms with Gasteiger partial charge in [-0.15, -0.1) is 11.8 Å². The summed E-state index contributed by atoms with van der Waals surface area (Å²) in [7, 11) is 0. The largest absolute Gasteiger partial charge is 0.357 e. The number of carbonyl (C=O) groups is 1. The van der Waals surface area contributed by atoms with E-state index in [0.29, 0.717) is 11.4 Å². The maximum Gasteiger partial charge on any atom is 0.283 e. The molecule has 3 rings (SSSR count). The van der Waals surface area contributed by atoms with E-state index in [-0.39, 0.29) is 17.2 Å². The molecule has 0 radical (unpaired) electrons. The second-order valence-electron chi connectivity index (χ2n) is 6.75. The van der Waals surface area contributed by atoms with Crippen molar-refractivity contribution < 1.29 is 9.72 Å². The Morgan fingerprint density at radius 2 is 1.96 bits per heavy atom. The number of carbonyl (C=O) groups excluding carboxylic acids is 1. The molecule has 1 fully saturated rings. The van der Waals surface area contributed by atoms with Gasteiger partial charge in [0.2, 0.25) is 0 Å². The lowest BCUT2D eigenvalue weighted by atomic mass is 10.2. The van der Waals surface area contributed by atoms with Crippen molar-refractivity contribution in [2.24, 2.45) is 0 Å². The lowest BCUT2D eigenvalue weighted by molar-refractivity contribution is -0.387. The maximum absolute atomic E-state index is 12.4. The molecule has 28 heavy (non-hydrogen) atoms. The molecule has 8 heteroatoms. The van der Waals surface area contributed by atoms with Crippen molar-refractivity contribution in [3.05, 3.63) is 57.8 Å². The number of thioether (sulfide) groups is 1. The molecule has 1 amide bonds. The molecule has 1 aliphatic heterocycles. The second kappa shape index (κ2) is 9.54. The number of amides is 1. The van der Waals surface area contributed by atoms with Crippen LogP contribution in [0.5, 0.6) is 0 Å². The van der Waals surface area contributed by atoms with Crippen molar-refractivity contribution in [3.63, 3.8) is 0 Å². The highest BCUT2D eigenvalue weighted by molar-refractivity contribution is 7.98. The van der Waals surface area contributed by atoms with Gasteiger partial charge in [0.05, 0.1) is 9.82 Å². The molecule has 0 spiro atoms. The molecule has 1 aromatic carbocycles. The molecule has 7 nitrogen and oxygen atoms in total. The number of aromatic nitrogens is 1. The minimum Gasteiger partial charge on any atom is -0.357 e. The van der Waals surface area contributed by atoms with Crippen LogP contribution in [0.25, 0.3) is 0 Å². The molecular formula is C20H24N4O3S. The summed E-state index contributed by atoms with van der Waals surface area (Å²) in [6.07, 6.45) is 8.49. The lowest BCUT2D eigenvalue weighted by Crippen LogP contribution is -2.25. The van der Waals surface area contributed by atoms with E-state index < -0.39 is 4.92 Å². The Bertz CT molecular complexity index is 834. The molecule has 0 atom stereocenters. The standard InChI is InChI=1S/C20H24N4O3S/c1-28-18-8-7-16(12-17(18)24(26)27)20(25)22-14-15-6-9-19(21-13-15)23-10-4-2-3-5-11-23/h6-9,12-13H,2-5,10-11,14H2,1H3,(H,22,25). The molecule has 0 saturated carbocycles. The summed E-state index contributed by atoms with van der Waals surface area (Å²) >= 11 is 1.28. The summed E-state index contributed by atoms with van der Waals surface area (Å²) < 4.78 is 0. The second-order valence-corrected chi connectivity index (χ2v) is 7.60. The van der Waals surface area contributed by atoms with Crippen molar-refractivity contribution in [1.82, 2.24) is 10.3 Å². The fourth-order valence-corrected chi connectivity index (χ4v) is 3.81. The van der Waals surface area contributed by atoms with Crippen molar-refractivity contribution >= 4 is 29.2 Å². The number of anilines is 1. The molecule has 2 aromatic rings. The minimum atomic E-state index is -0.464. The Hall–Kier alpha value is -2.61. The summed E-state index contributed by atoms with van der Waals surface area (Å²) in [4.78, 5) is 30.5. The molecular weight excluding hydrogens is 376 g/mol. The van der Waals surface area contributed by atoms with Gasteiger partial charge in [-0.2, -0.15) is 0 Å². The van der Waals surface area contributed by atoms with Crippen LogP contribution in [0.3, 0.4) is 0 Å². The number of nitro groups is 1. The number of hydrogen-bond donors (Lipinski definition) is 1. The quantitative estimate of drug-likeness (QED) is 0.448. The molecule has 1 N–H and O–H groups in total. The Labute approximate surface area is 168 Å². The van der Waals surface area contributed by atoms with Gasteiger partial charge >= 0.3 is 0 Å². The third-order valence-electron chi connectivity index (χ3n) is 4.83. The molecule has 1 aliphatic rings. The topological polar surface area (TPSA) is 88.4 Å². The van der Waals surface area contributed by atoms with E-state index in [1.807, 2.05) is 12.1 Å². The summed E-state index contributed by atoms with van der Waals surface area (Å²) in [5, 5.41) is 14.0. The normalized spacial score (nSPS) is 14.4. The number of nitro benzene ring substituents is 1. The third-order valence-corrected chi connectivity index (χ3v) is 5.62. The van der Waals surface area contributed by atoms with E-state index >= 15 is 0 Å². The van der Waals surface area contributed by atoms with Crippen LogP contribution in [-0.2, 0) is 6.54 Å². The minimum absolute atomic E-state index is 0.0522. The first kappa shape index (κ1) is 20.1. The Morgan fingerprint density at radius 3 is 2.57 bits per heavy atom. The smallest absolute Gasteiger partial charge is 0.283 e. The van der Waals surface area contributed by atoms with Gasteiger partial charge in [0.15, 0.2) is 0 Å². The van der Waals surface area contributed by atoms with Crippen LogP contribution in [0, 0.1) is 10.1 Å². The van der Waals surface area contributed by atoms with Crippen molar-refractivity contribution in [2.75, 3.05) is 24.2 Å². The first-order valence-electron chi connectivity index (χ1n) is 9.39. The summed E-state index contributed by atoms with van der Waals surface area (Å²) in [5.74, 6) is 0.632. The van der Waals surface area contributed by atoms with E-state index in [1.54, 1.807) is 24.6 Å². The van der Waals surface area contributed by atoms with Gasteiger partial charge in [-0.05, 0) is 42.9 Å². The van der Waals surface area contributed by atoms with Crippen LogP contribution < -0.4 is 10.2 Å². The molecule has 1 aromatic heterocycles.